The van der Waals surface area contributed by atoms with Crippen LogP contribution in [0.15, 0.2) is 55.0 Å². The van der Waals surface area contributed by atoms with Crippen LogP contribution in [0.3, 0.4) is 0 Å². The van der Waals surface area contributed by atoms with Crippen molar-refractivity contribution in [2.75, 3.05) is 0 Å². The Labute approximate surface area is 241 Å². The van der Waals surface area contributed by atoms with Gasteiger partial charge in [-0.15, -0.1) is 10.2 Å². The summed E-state index contributed by atoms with van der Waals surface area (Å²) in [6.07, 6.45) is -2.73. The van der Waals surface area contributed by atoms with Crippen molar-refractivity contribution in [1.29, 1.82) is 0 Å². The van der Waals surface area contributed by atoms with Crippen LogP contribution in [0, 0.1) is 0 Å². The molecular weight excluding hydrogens is 581 g/mol. The third-order valence-electron chi connectivity index (χ3n) is 5.78. The van der Waals surface area contributed by atoms with Gasteiger partial charge in [-0.3, -0.25) is 23.9 Å². The lowest BCUT2D eigenvalue weighted by Crippen LogP contribution is -2.23. The Morgan fingerprint density at radius 2 is 1.40 bits per heavy atom. The number of unbranched alkanes of at least 4 members (excludes halogenated alkanes) is 1. The molecule has 0 saturated carbocycles. The van der Waals surface area contributed by atoms with Crippen molar-refractivity contribution >= 4 is 11.8 Å². The van der Waals surface area contributed by atoms with Crippen LogP contribution >= 0.6 is 0 Å². The molecule has 43 heavy (non-hydrogen) atoms. The van der Waals surface area contributed by atoms with Gasteiger partial charge in [0.1, 0.15) is 11.4 Å². The highest BCUT2D eigenvalue weighted by Crippen LogP contribution is 2.27. The fraction of sp³-hybridized carbons (Fsp3) is 0.346. The van der Waals surface area contributed by atoms with E-state index in [-0.39, 0.29) is 35.8 Å². The van der Waals surface area contributed by atoms with E-state index in [2.05, 4.69) is 41.0 Å². The van der Waals surface area contributed by atoms with Crippen molar-refractivity contribution in [2.45, 2.75) is 58.2 Å². The van der Waals surface area contributed by atoms with Gasteiger partial charge in [0.25, 0.3) is 11.8 Å². The molecule has 0 fully saturated rings. The van der Waals surface area contributed by atoms with E-state index in [4.69, 9.17) is 0 Å². The molecule has 1 aromatic carbocycles. The fourth-order valence-corrected chi connectivity index (χ4v) is 3.78. The molecule has 4 rings (SSSR count). The summed E-state index contributed by atoms with van der Waals surface area (Å²) in [5.74, 6) is -1.10. The number of nitrogens with one attached hydrogen (secondary N) is 2. The van der Waals surface area contributed by atoms with Gasteiger partial charge in [0, 0.05) is 39.3 Å². The van der Waals surface area contributed by atoms with Crippen molar-refractivity contribution < 1.29 is 36.3 Å². The Morgan fingerprint density at radius 3 is 1.93 bits per heavy atom. The van der Waals surface area contributed by atoms with Crippen molar-refractivity contribution in [1.82, 2.24) is 45.6 Å². The van der Waals surface area contributed by atoms with Crippen LogP contribution in [-0.2, 0) is 32.4 Å². The normalized spacial score (nSPS) is 11.8. The van der Waals surface area contributed by atoms with E-state index in [1.54, 1.807) is 6.07 Å². The van der Waals surface area contributed by atoms with Crippen molar-refractivity contribution in [3.63, 3.8) is 0 Å². The third kappa shape index (κ3) is 9.54. The number of aromatic nitrogens is 7. The molecule has 17 heteroatoms. The second-order valence-corrected chi connectivity index (χ2v) is 9.41. The van der Waals surface area contributed by atoms with E-state index in [1.807, 2.05) is 0 Å². The summed E-state index contributed by atoms with van der Waals surface area (Å²) < 4.78 is 72.0. The van der Waals surface area contributed by atoms with Crippen LogP contribution in [-0.4, -0.2) is 52.9 Å². The van der Waals surface area contributed by atoms with Gasteiger partial charge in [-0.2, -0.15) is 22.0 Å². The first kappa shape index (κ1) is 31.0. The zero-order valence-corrected chi connectivity index (χ0v) is 22.7. The zero-order chi connectivity index (χ0) is 31.0. The molecule has 228 valence electrons. The van der Waals surface area contributed by atoms with Crippen molar-refractivity contribution in [2.24, 2.45) is 0 Å². The first-order valence-electron chi connectivity index (χ1n) is 12.9. The second kappa shape index (κ2) is 13.3. The molecule has 0 aliphatic heterocycles. The quantitative estimate of drug-likeness (QED) is 0.174. The largest absolute Gasteiger partial charge is 0.433 e. The van der Waals surface area contributed by atoms with E-state index in [0.717, 1.165) is 12.3 Å². The third-order valence-corrected chi connectivity index (χ3v) is 5.78. The van der Waals surface area contributed by atoms with Gasteiger partial charge >= 0.3 is 12.3 Å². The van der Waals surface area contributed by atoms with E-state index in [0.29, 0.717) is 38.4 Å². The first-order valence-corrected chi connectivity index (χ1v) is 12.9. The number of rotatable bonds is 13. The topological polar surface area (TPSA) is 142 Å². The highest BCUT2D eigenvalue weighted by molar-refractivity contribution is 5.92. The predicted molar refractivity (Wildman–Crippen MR) is 139 cm³/mol. The highest BCUT2D eigenvalue weighted by atomic mass is 19.4. The lowest BCUT2D eigenvalue weighted by Gasteiger charge is -2.13. The fourth-order valence-electron chi connectivity index (χ4n) is 3.78. The van der Waals surface area contributed by atoms with E-state index >= 15 is 0 Å². The molecule has 0 radical (unpaired) electrons. The molecule has 0 unspecified atom stereocenters. The van der Waals surface area contributed by atoms with Crippen LogP contribution in [0.4, 0.5) is 22.0 Å². The molecular formula is C26H26F5N9O3. The maximum atomic E-state index is 13.1. The number of nitrogens with zero attached hydrogens (tertiary/aromatic N) is 7. The molecule has 0 atom stereocenters. The number of hydrogen-bond donors (Lipinski definition) is 2. The van der Waals surface area contributed by atoms with Gasteiger partial charge in [0.2, 0.25) is 0 Å². The minimum absolute atomic E-state index is 0.0135. The maximum Gasteiger partial charge on any atom is 0.433 e. The van der Waals surface area contributed by atoms with Crippen LogP contribution in [0.1, 0.15) is 57.6 Å². The molecule has 0 spiro atoms. The lowest BCUT2D eigenvalue weighted by molar-refractivity contribution is -0.159. The average Bonchev–Trinajstić information content (AvgIpc) is 3.62. The van der Waals surface area contributed by atoms with Gasteiger partial charge < -0.3 is 15.4 Å². The molecule has 2 N–H and O–H groups in total. The summed E-state index contributed by atoms with van der Waals surface area (Å²) in [6, 6.07) is 8.21. The Balaban J connectivity index is 1.17. The number of pyridine rings is 1. The van der Waals surface area contributed by atoms with E-state index in [9.17, 15) is 31.5 Å². The molecule has 2 amide bonds. The number of ether oxygens (including phenoxy) is 1. The van der Waals surface area contributed by atoms with Crippen LogP contribution in [0.5, 0.6) is 5.75 Å². The molecule has 0 bridgehead atoms. The molecule has 4 aromatic rings. The summed E-state index contributed by atoms with van der Waals surface area (Å²) in [5, 5.41) is 20.6. The molecule has 0 saturated heterocycles. The molecule has 0 aliphatic carbocycles. The molecule has 3 heterocycles. The van der Waals surface area contributed by atoms with Gasteiger partial charge in [-0.05, 0) is 48.2 Å². The Kier molecular flexibility index (Phi) is 9.62. The Morgan fingerprint density at radius 1 is 0.837 bits per heavy atom. The lowest BCUT2D eigenvalue weighted by atomic mass is 10.2. The predicted octanol–water partition coefficient (Wildman–Crippen LogP) is 3.62. The smallest absolute Gasteiger partial charge is 0.433 e. The standard InChI is InChI=1S/C26H26F5N9O3/c1-25(27,28)43-19-6-4-5-17(11-19)13-33-23(41)20-15-39(37-35-20)9-2-3-10-40-16-21(36-38-40)24(42)34-14-18-7-8-32-22(12-18)26(29,30)31/h4-8,11-12,15-16H,2-3,9-10,13-14H2,1H3,(H,33,41)(H,34,42). The van der Waals surface area contributed by atoms with Gasteiger partial charge in [-0.25, -0.2) is 0 Å². The van der Waals surface area contributed by atoms with E-state index < -0.39 is 29.8 Å². The van der Waals surface area contributed by atoms with Crippen LogP contribution in [0.25, 0.3) is 0 Å². The van der Waals surface area contributed by atoms with Gasteiger partial charge in [0.15, 0.2) is 11.4 Å². The number of aryl methyl sites for hydroxylation is 2. The van der Waals surface area contributed by atoms with Crippen molar-refractivity contribution in [3.05, 3.63) is 83.2 Å². The number of carbonyl (C=O) groups is 2. The zero-order valence-electron chi connectivity index (χ0n) is 22.7. The molecule has 3 aromatic heterocycles. The minimum atomic E-state index is -4.58. The summed E-state index contributed by atoms with van der Waals surface area (Å²) in [6.45, 7) is 1.43. The van der Waals surface area contributed by atoms with Gasteiger partial charge in [0.05, 0.1) is 12.4 Å². The number of benzene rings is 1. The van der Waals surface area contributed by atoms with E-state index in [1.165, 1.54) is 46.0 Å². The Bertz CT molecular complexity index is 1550. The SMILES string of the molecule is CC(F)(F)Oc1cccc(CNC(=O)c2cn(CCCCn3cc(C(=O)NCc4ccnc(C(F)(F)F)c4)nn3)nn2)c1. The van der Waals surface area contributed by atoms with Crippen molar-refractivity contribution in [3.8, 4) is 5.75 Å². The summed E-state index contributed by atoms with van der Waals surface area (Å²) in [7, 11) is 0. The number of hydrogen-bond acceptors (Lipinski definition) is 8. The first-order chi connectivity index (χ1) is 20.4. The number of alkyl halides is 5. The number of carbonyl (C=O) groups excluding carboxylic acids is 2. The number of amides is 2. The highest BCUT2D eigenvalue weighted by Gasteiger charge is 2.32. The summed E-state index contributed by atoms with van der Waals surface area (Å²) in [4.78, 5) is 28.0. The number of halogens is 5. The average molecular weight is 608 g/mol. The summed E-state index contributed by atoms with van der Waals surface area (Å²) >= 11 is 0. The van der Waals surface area contributed by atoms with Gasteiger partial charge in [-0.1, -0.05) is 22.6 Å². The minimum Gasteiger partial charge on any atom is -0.433 e. The Hall–Kier alpha value is -4.96. The molecule has 0 aliphatic rings. The van der Waals surface area contributed by atoms with Crippen LogP contribution in [0.2, 0.25) is 0 Å². The molecule has 12 nitrogen and oxygen atoms in total. The second-order valence-electron chi connectivity index (χ2n) is 9.41. The van der Waals surface area contributed by atoms with Crippen LogP contribution < -0.4 is 15.4 Å². The maximum absolute atomic E-state index is 13.1. The summed E-state index contributed by atoms with van der Waals surface area (Å²) in [5.41, 5.74) is -0.155. The monoisotopic (exact) mass is 607 g/mol.